The summed E-state index contributed by atoms with van der Waals surface area (Å²) in [7, 11) is -0.399. The van der Waals surface area contributed by atoms with E-state index >= 15 is 0 Å². The number of hydrogen-bond acceptors (Lipinski definition) is 7. The molecule has 0 saturated carbocycles. The van der Waals surface area contributed by atoms with Crippen molar-refractivity contribution in [3.8, 4) is 0 Å². The molecule has 1 atom stereocenters. The average Bonchev–Trinajstić information content (AvgIpc) is 3.08. The molecule has 0 bridgehead atoms. The summed E-state index contributed by atoms with van der Waals surface area (Å²) in [5, 5.41) is 0.817. The fourth-order valence-electron chi connectivity index (χ4n) is 3.13. The minimum Gasteiger partial charge on any atom is -0.399 e. The van der Waals surface area contributed by atoms with Gasteiger partial charge in [-0.3, -0.25) is 0 Å². The Bertz CT molecular complexity index is 569. The maximum atomic E-state index is 6.04. The standard InChI is InChI=1S/C17H29BN4O2S/c1-16(2)17(3,4)24-18(23-16)14-9-20-15(21-10-14)25-12-13-5-7-22(11-13)8-6-19/h9-10,13H,5-8,11-12,19H2,1-4H3/t13-/m0/s1. The number of thioether (sulfide) groups is 1. The molecule has 0 unspecified atom stereocenters. The van der Waals surface area contributed by atoms with Gasteiger partial charge in [-0.15, -0.1) is 0 Å². The third-order valence-electron chi connectivity index (χ3n) is 5.44. The first-order chi connectivity index (χ1) is 11.8. The second kappa shape index (κ2) is 7.52. The Morgan fingerprint density at radius 1 is 1.24 bits per heavy atom. The SMILES string of the molecule is CC1(C)OB(c2cnc(SC[C@H]3CCN(CCN)C3)nc2)OC1(C)C. The van der Waals surface area contributed by atoms with Crippen LogP contribution in [0, 0.1) is 5.92 Å². The topological polar surface area (TPSA) is 73.5 Å². The molecule has 0 spiro atoms. The molecule has 0 aliphatic carbocycles. The zero-order chi connectivity index (χ0) is 18.1. The lowest BCUT2D eigenvalue weighted by atomic mass is 9.81. The predicted molar refractivity (Wildman–Crippen MR) is 102 cm³/mol. The Morgan fingerprint density at radius 2 is 1.88 bits per heavy atom. The minimum absolute atomic E-state index is 0.344. The Kier molecular flexibility index (Phi) is 5.75. The number of aromatic nitrogens is 2. The lowest BCUT2D eigenvalue weighted by molar-refractivity contribution is 0.00578. The van der Waals surface area contributed by atoms with Crippen molar-refractivity contribution in [3.63, 3.8) is 0 Å². The van der Waals surface area contributed by atoms with E-state index in [-0.39, 0.29) is 11.2 Å². The number of hydrogen-bond donors (Lipinski definition) is 1. The van der Waals surface area contributed by atoms with Gasteiger partial charge in [-0.1, -0.05) is 11.8 Å². The summed E-state index contributed by atoms with van der Waals surface area (Å²) >= 11 is 1.73. The number of nitrogens with two attached hydrogens (primary N) is 1. The second-order valence-corrected chi connectivity index (χ2v) is 8.93. The molecule has 0 radical (unpaired) electrons. The quantitative estimate of drug-likeness (QED) is 0.461. The van der Waals surface area contributed by atoms with Crippen LogP contribution in [0.15, 0.2) is 17.6 Å². The molecule has 3 rings (SSSR count). The minimum atomic E-state index is -0.399. The van der Waals surface area contributed by atoms with Gasteiger partial charge in [0.25, 0.3) is 0 Å². The molecule has 0 amide bonds. The van der Waals surface area contributed by atoms with Gasteiger partial charge in [0.15, 0.2) is 5.16 Å². The van der Waals surface area contributed by atoms with Crippen LogP contribution in [0.5, 0.6) is 0 Å². The average molecular weight is 364 g/mol. The molecule has 2 aliphatic heterocycles. The van der Waals surface area contributed by atoms with Crippen molar-refractivity contribution in [2.24, 2.45) is 11.7 Å². The molecule has 2 saturated heterocycles. The molecule has 3 heterocycles. The summed E-state index contributed by atoms with van der Waals surface area (Å²) < 4.78 is 12.1. The van der Waals surface area contributed by atoms with E-state index < -0.39 is 7.12 Å². The third-order valence-corrected chi connectivity index (χ3v) is 6.54. The van der Waals surface area contributed by atoms with Crippen LogP contribution in [-0.4, -0.2) is 65.1 Å². The number of rotatable bonds is 6. The molecule has 6 nitrogen and oxygen atoms in total. The van der Waals surface area contributed by atoms with Gasteiger partial charge in [0.05, 0.1) is 11.2 Å². The summed E-state index contributed by atoms with van der Waals surface area (Å²) in [5.41, 5.74) is 5.82. The van der Waals surface area contributed by atoms with Crippen LogP contribution in [0.4, 0.5) is 0 Å². The Hall–Kier alpha value is -0.665. The fourth-order valence-corrected chi connectivity index (χ4v) is 4.04. The number of nitrogens with zero attached hydrogens (tertiary/aromatic N) is 3. The largest absolute Gasteiger partial charge is 0.498 e. The summed E-state index contributed by atoms with van der Waals surface area (Å²) in [6.45, 7) is 12.2. The Labute approximate surface area is 155 Å². The van der Waals surface area contributed by atoms with Crippen molar-refractivity contribution in [1.82, 2.24) is 14.9 Å². The second-order valence-electron chi connectivity index (χ2n) is 7.94. The van der Waals surface area contributed by atoms with Gasteiger partial charge in [-0.05, 0) is 46.6 Å². The van der Waals surface area contributed by atoms with E-state index in [0.717, 1.165) is 42.6 Å². The number of likely N-dealkylation sites (tertiary alicyclic amines) is 1. The van der Waals surface area contributed by atoms with E-state index in [9.17, 15) is 0 Å². The molecule has 25 heavy (non-hydrogen) atoms. The van der Waals surface area contributed by atoms with Gasteiger partial charge < -0.3 is 19.9 Å². The van der Waals surface area contributed by atoms with Gasteiger partial charge in [0.2, 0.25) is 0 Å². The van der Waals surface area contributed by atoms with Crippen LogP contribution >= 0.6 is 11.8 Å². The van der Waals surface area contributed by atoms with Crippen molar-refractivity contribution in [2.75, 3.05) is 31.9 Å². The van der Waals surface area contributed by atoms with Crippen LogP contribution in [0.25, 0.3) is 0 Å². The van der Waals surface area contributed by atoms with Gasteiger partial charge in [0, 0.05) is 43.2 Å². The van der Waals surface area contributed by atoms with E-state index in [1.54, 1.807) is 11.8 Å². The molecule has 0 aromatic carbocycles. The maximum Gasteiger partial charge on any atom is 0.498 e. The van der Waals surface area contributed by atoms with Crippen LogP contribution in [-0.2, 0) is 9.31 Å². The van der Waals surface area contributed by atoms with Crippen molar-refractivity contribution >= 4 is 24.3 Å². The lowest BCUT2D eigenvalue weighted by Gasteiger charge is -2.32. The molecule has 1 aromatic rings. The molecule has 8 heteroatoms. The van der Waals surface area contributed by atoms with Crippen LogP contribution in [0.3, 0.4) is 0 Å². The van der Waals surface area contributed by atoms with Crippen LogP contribution < -0.4 is 11.2 Å². The summed E-state index contributed by atoms with van der Waals surface area (Å²) in [6, 6.07) is 0. The molecule has 138 valence electrons. The lowest BCUT2D eigenvalue weighted by Crippen LogP contribution is -2.41. The van der Waals surface area contributed by atoms with Crippen LogP contribution in [0.1, 0.15) is 34.1 Å². The van der Waals surface area contributed by atoms with Gasteiger partial charge in [-0.2, -0.15) is 0 Å². The van der Waals surface area contributed by atoms with Crippen LogP contribution in [0.2, 0.25) is 0 Å². The molecule has 2 fully saturated rings. The van der Waals surface area contributed by atoms with Crippen molar-refractivity contribution < 1.29 is 9.31 Å². The summed E-state index contributed by atoms with van der Waals surface area (Å²) in [5.74, 6) is 1.75. The first-order valence-corrected chi connectivity index (χ1v) is 10.0. The van der Waals surface area contributed by atoms with Gasteiger partial charge in [-0.25, -0.2) is 9.97 Å². The highest BCUT2D eigenvalue weighted by Crippen LogP contribution is 2.36. The van der Waals surface area contributed by atoms with Gasteiger partial charge in [0.1, 0.15) is 0 Å². The zero-order valence-electron chi connectivity index (χ0n) is 15.7. The predicted octanol–water partition coefficient (Wildman–Crippen LogP) is 1.15. The van der Waals surface area contributed by atoms with E-state index in [4.69, 9.17) is 15.0 Å². The fraction of sp³-hybridized carbons (Fsp3) is 0.765. The van der Waals surface area contributed by atoms with E-state index in [0.29, 0.717) is 5.92 Å². The maximum absolute atomic E-state index is 6.04. The summed E-state index contributed by atoms with van der Waals surface area (Å²) in [4.78, 5) is 11.4. The first-order valence-electron chi connectivity index (χ1n) is 9.03. The van der Waals surface area contributed by atoms with Gasteiger partial charge >= 0.3 is 7.12 Å². The molecule has 1 aromatic heterocycles. The molecular weight excluding hydrogens is 335 g/mol. The van der Waals surface area contributed by atoms with E-state index in [1.807, 2.05) is 40.1 Å². The highest BCUT2D eigenvalue weighted by Gasteiger charge is 2.51. The first kappa shape index (κ1) is 19.1. The molecule has 2 N–H and O–H groups in total. The monoisotopic (exact) mass is 364 g/mol. The van der Waals surface area contributed by atoms with E-state index in [1.165, 1.54) is 6.42 Å². The normalized spacial score (nSPS) is 25.6. The highest BCUT2D eigenvalue weighted by molar-refractivity contribution is 7.99. The van der Waals surface area contributed by atoms with Crippen molar-refractivity contribution in [2.45, 2.75) is 50.5 Å². The van der Waals surface area contributed by atoms with Crippen molar-refractivity contribution in [1.29, 1.82) is 0 Å². The Balaban J connectivity index is 1.52. The molecular formula is C17H29BN4O2S. The molecule has 2 aliphatic rings. The van der Waals surface area contributed by atoms with Crippen molar-refractivity contribution in [3.05, 3.63) is 12.4 Å². The highest BCUT2D eigenvalue weighted by atomic mass is 32.2. The third kappa shape index (κ3) is 4.36. The summed E-state index contributed by atoms with van der Waals surface area (Å²) in [6.07, 6.45) is 4.89. The zero-order valence-corrected chi connectivity index (χ0v) is 16.5. The Morgan fingerprint density at radius 3 is 2.48 bits per heavy atom. The smallest absolute Gasteiger partial charge is 0.399 e. The van der Waals surface area contributed by atoms with E-state index in [2.05, 4.69) is 14.9 Å².